The maximum atomic E-state index is 11.7. The molecule has 7 heteroatoms. The maximum Gasteiger partial charge on any atom is 0.422 e. The molecule has 0 amide bonds. The van der Waals surface area contributed by atoms with Crippen LogP contribution in [-0.4, -0.2) is 29.8 Å². The quantitative estimate of drug-likeness (QED) is 0.536. The Hall–Kier alpha value is -1.53. The number of esters is 1. The highest BCUT2D eigenvalue weighted by Gasteiger charge is 2.38. The van der Waals surface area contributed by atoms with Crippen LogP contribution in [0.5, 0.6) is 0 Å². The van der Waals surface area contributed by atoms with Gasteiger partial charge in [0.05, 0.1) is 0 Å². The Morgan fingerprint density at radius 1 is 1.38 bits per heavy atom. The minimum Gasteiger partial charge on any atom is -0.479 e. The lowest BCUT2D eigenvalue weighted by Crippen LogP contribution is -2.23. The van der Waals surface area contributed by atoms with Crippen LogP contribution in [0.4, 0.5) is 13.2 Å². The Bertz CT molecular complexity index is 243. The van der Waals surface area contributed by atoms with E-state index in [4.69, 9.17) is 5.11 Å². The molecule has 0 aromatic carbocycles. The van der Waals surface area contributed by atoms with Crippen molar-refractivity contribution >= 4 is 11.9 Å². The van der Waals surface area contributed by atoms with E-state index in [1.165, 1.54) is 0 Å². The Kier molecular flexibility index (Phi) is 3.46. The van der Waals surface area contributed by atoms with Crippen molar-refractivity contribution in [2.24, 2.45) is 0 Å². The molecule has 0 aliphatic heterocycles. The average molecular weight is 198 g/mol. The fraction of sp³-hybridized carbons (Fsp3) is 0.333. The Morgan fingerprint density at radius 2 is 1.85 bits per heavy atom. The molecule has 0 saturated carbocycles. The molecule has 0 fully saturated rings. The molecule has 0 radical (unpaired) electrons. The Labute approximate surface area is 70.6 Å². The molecule has 0 spiro atoms. The molecule has 0 aromatic rings. The summed E-state index contributed by atoms with van der Waals surface area (Å²) in [5.74, 6) is -3.32. The van der Waals surface area contributed by atoms with Crippen LogP contribution in [0.3, 0.4) is 0 Å². The van der Waals surface area contributed by atoms with Crippen molar-refractivity contribution < 1.29 is 32.6 Å². The first kappa shape index (κ1) is 11.5. The molecular weight excluding hydrogens is 193 g/mol. The zero-order valence-corrected chi connectivity index (χ0v) is 6.22. The zero-order chi connectivity index (χ0) is 10.6. The third-order valence-electron chi connectivity index (χ3n) is 0.915. The maximum absolute atomic E-state index is 11.7. The number of aliphatic carboxylic acids is 1. The number of alkyl halides is 3. The lowest BCUT2D eigenvalue weighted by Gasteiger charge is -2.07. The van der Waals surface area contributed by atoms with E-state index in [9.17, 15) is 22.8 Å². The van der Waals surface area contributed by atoms with Gasteiger partial charge in [0.25, 0.3) is 0 Å². The predicted molar refractivity (Wildman–Crippen MR) is 33.8 cm³/mol. The minimum absolute atomic E-state index is 1.12. The summed E-state index contributed by atoms with van der Waals surface area (Å²) in [7, 11) is 0. The first-order valence-corrected chi connectivity index (χ1v) is 2.90. The van der Waals surface area contributed by atoms with Gasteiger partial charge in [0.15, 0.2) is 6.61 Å². The number of ether oxygens (including phenoxy) is 1. The van der Waals surface area contributed by atoms with Gasteiger partial charge < -0.3 is 9.84 Å². The average Bonchev–Trinajstić information content (AvgIpc) is 1.96. The zero-order valence-electron chi connectivity index (χ0n) is 6.22. The minimum atomic E-state index is -4.89. The molecule has 13 heavy (non-hydrogen) atoms. The van der Waals surface area contributed by atoms with Crippen LogP contribution in [0.1, 0.15) is 0 Å². The molecular formula is C6H5F3O4. The third kappa shape index (κ3) is 4.14. The van der Waals surface area contributed by atoms with Crippen LogP contribution in [0.25, 0.3) is 0 Å². The van der Waals surface area contributed by atoms with Crippen LogP contribution in [0, 0.1) is 0 Å². The first-order chi connectivity index (χ1) is 5.75. The number of hydrogen-bond acceptors (Lipinski definition) is 3. The van der Waals surface area contributed by atoms with Crippen molar-refractivity contribution in [2.75, 3.05) is 6.61 Å². The van der Waals surface area contributed by atoms with Crippen LogP contribution in [0.2, 0.25) is 0 Å². The lowest BCUT2D eigenvalue weighted by molar-refractivity contribution is -0.159. The van der Waals surface area contributed by atoms with Gasteiger partial charge in [0, 0.05) is 0 Å². The van der Waals surface area contributed by atoms with Gasteiger partial charge in [-0.25, -0.2) is 9.59 Å². The van der Waals surface area contributed by atoms with Crippen LogP contribution in [-0.2, 0) is 14.3 Å². The van der Waals surface area contributed by atoms with Gasteiger partial charge in [-0.05, 0) is 0 Å². The number of carbonyl (C=O) groups is 2. The van der Waals surface area contributed by atoms with E-state index >= 15 is 0 Å². The smallest absolute Gasteiger partial charge is 0.422 e. The van der Waals surface area contributed by atoms with E-state index in [2.05, 4.69) is 11.3 Å². The monoisotopic (exact) mass is 198 g/mol. The number of carboxylic acids is 1. The number of rotatable bonds is 3. The molecule has 0 unspecified atom stereocenters. The molecule has 0 aliphatic carbocycles. The predicted octanol–water partition coefficient (Wildman–Crippen LogP) is 0.733. The van der Waals surface area contributed by atoms with E-state index in [1.807, 2.05) is 0 Å². The highest BCUT2D eigenvalue weighted by molar-refractivity contribution is 5.90. The second-order valence-electron chi connectivity index (χ2n) is 1.95. The second kappa shape index (κ2) is 3.92. The summed E-state index contributed by atoms with van der Waals surface area (Å²) < 4.78 is 38.8. The molecule has 0 heterocycles. The fourth-order valence-electron chi connectivity index (χ4n) is 0.330. The molecule has 74 valence electrons. The Balaban J connectivity index is 4.14. The van der Waals surface area contributed by atoms with Gasteiger partial charge in [-0.15, -0.1) is 0 Å². The lowest BCUT2D eigenvalue weighted by atomic mass is 10.3. The largest absolute Gasteiger partial charge is 0.479 e. The topological polar surface area (TPSA) is 63.6 Å². The molecule has 0 rings (SSSR count). The summed E-state index contributed by atoms with van der Waals surface area (Å²) in [6.07, 6.45) is -4.89. The van der Waals surface area contributed by atoms with Gasteiger partial charge in [-0.1, -0.05) is 6.58 Å². The van der Waals surface area contributed by atoms with Gasteiger partial charge >= 0.3 is 18.1 Å². The summed E-state index contributed by atoms with van der Waals surface area (Å²) in [6, 6.07) is 0. The number of carbonyl (C=O) groups excluding carboxylic acids is 1. The summed E-state index contributed by atoms with van der Waals surface area (Å²) >= 11 is 0. The molecule has 0 saturated heterocycles. The summed E-state index contributed by atoms with van der Waals surface area (Å²) in [5.41, 5.74) is -1.73. The molecule has 4 nitrogen and oxygen atoms in total. The van der Waals surface area contributed by atoms with Crippen LogP contribution in [0.15, 0.2) is 12.2 Å². The van der Waals surface area contributed by atoms with Crippen molar-refractivity contribution in [1.82, 2.24) is 0 Å². The number of carboxylic acid groups (broad SMARTS) is 1. The Morgan fingerprint density at radius 3 is 2.15 bits per heavy atom. The van der Waals surface area contributed by atoms with E-state index < -0.39 is 30.3 Å². The van der Waals surface area contributed by atoms with Gasteiger partial charge in [0.1, 0.15) is 5.57 Å². The number of hydrogen-bond donors (Lipinski definition) is 1. The molecule has 1 N–H and O–H groups in total. The summed E-state index contributed by atoms with van der Waals surface area (Å²) in [6.45, 7) is 1.29. The van der Waals surface area contributed by atoms with Crippen molar-refractivity contribution in [3.63, 3.8) is 0 Å². The van der Waals surface area contributed by atoms with E-state index in [-0.39, 0.29) is 0 Å². The van der Waals surface area contributed by atoms with Crippen molar-refractivity contribution in [1.29, 1.82) is 0 Å². The van der Waals surface area contributed by atoms with Gasteiger partial charge in [0.2, 0.25) is 0 Å². The van der Waals surface area contributed by atoms with E-state index in [0.29, 0.717) is 0 Å². The third-order valence-corrected chi connectivity index (χ3v) is 0.915. The van der Waals surface area contributed by atoms with Crippen LogP contribution < -0.4 is 0 Å². The molecule has 0 aliphatic rings. The SMILES string of the molecule is C=C(C(=O)OCC(=O)O)C(F)(F)F. The molecule has 0 atom stereocenters. The van der Waals surface area contributed by atoms with E-state index in [1.54, 1.807) is 0 Å². The van der Waals surface area contributed by atoms with Crippen molar-refractivity contribution in [3.05, 3.63) is 12.2 Å². The fourth-order valence-corrected chi connectivity index (χ4v) is 0.330. The van der Waals surface area contributed by atoms with Crippen LogP contribution >= 0.6 is 0 Å². The highest BCUT2D eigenvalue weighted by Crippen LogP contribution is 2.24. The second-order valence-corrected chi connectivity index (χ2v) is 1.95. The summed E-state index contributed by atoms with van der Waals surface area (Å²) in [5, 5.41) is 7.96. The van der Waals surface area contributed by atoms with Gasteiger partial charge in [-0.3, -0.25) is 0 Å². The summed E-state index contributed by atoms with van der Waals surface area (Å²) in [4.78, 5) is 20.2. The molecule has 0 bridgehead atoms. The van der Waals surface area contributed by atoms with E-state index in [0.717, 1.165) is 0 Å². The van der Waals surface area contributed by atoms with Crippen molar-refractivity contribution in [3.8, 4) is 0 Å². The normalized spacial score (nSPS) is 10.7. The van der Waals surface area contributed by atoms with Crippen molar-refractivity contribution in [2.45, 2.75) is 6.18 Å². The van der Waals surface area contributed by atoms with Gasteiger partial charge in [-0.2, -0.15) is 13.2 Å². The number of halogens is 3. The first-order valence-electron chi connectivity index (χ1n) is 2.90. The standard InChI is InChI=1S/C6H5F3O4/c1-3(6(7,8)9)5(12)13-2-4(10)11/h1-2H2,(H,10,11). The highest BCUT2D eigenvalue weighted by atomic mass is 19.4. The molecule has 0 aromatic heterocycles.